The Labute approximate surface area is 160 Å². The van der Waals surface area contributed by atoms with Crippen molar-refractivity contribution in [3.8, 4) is 22.8 Å². The minimum absolute atomic E-state index is 0.501. The van der Waals surface area contributed by atoms with Crippen molar-refractivity contribution in [2.45, 2.75) is 58.7 Å². The molecule has 3 aromatic rings. The number of imidazole rings is 1. The van der Waals surface area contributed by atoms with Crippen molar-refractivity contribution in [3.05, 3.63) is 42.2 Å². The van der Waals surface area contributed by atoms with Crippen LogP contribution in [-0.2, 0) is 13.1 Å². The van der Waals surface area contributed by atoms with E-state index in [1.165, 1.54) is 24.1 Å². The molecule has 1 atom stereocenters. The monoisotopic (exact) mass is 364 g/mol. The standard InChI is InChI=1S/C21H28N6/c1-3-4-13-27-20(17-9-6-5-7-10-17)16(2)23-21(27)19-15-26(25-24-19)14-18-11-8-12-22-18/h5-7,9-10,15,18,22H,3-4,8,11-14H2,1-2H3/t18-/m0/s1. The number of hydrogen-bond acceptors (Lipinski definition) is 4. The molecule has 0 saturated carbocycles. The fourth-order valence-electron chi connectivity index (χ4n) is 3.89. The largest absolute Gasteiger partial charge is 0.322 e. The third-order valence-electron chi connectivity index (χ3n) is 5.26. The summed E-state index contributed by atoms with van der Waals surface area (Å²) >= 11 is 0. The van der Waals surface area contributed by atoms with Crippen molar-refractivity contribution in [1.82, 2.24) is 29.9 Å². The van der Waals surface area contributed by atoms with Gasteiger partial charge in [0.25, 0.3) is 0 Å². The second-order valence-corrected chi connectivity index (χ2v) is 7.36. The van der Waals surface area contributed by atoms with Crippen LogP contribution in [0, 0.1) is 6.92 Å². The lowest BCUT2D eigenvalue weighted by Crippen LogP contribution is -2.26. The van der Waals surface area contributed by atoms with E-state index in [-0.39, 0.29) is 0 Å². The van der Waals surface area contributed by atoms with Gasteiger partial charge in [-0.05, 0) is 32.7 Å². The van der Waals surface area contributed by atoms with Gasteiger partial charge in [0.05, 0.1) is 24.1 Å². The van der Waals surface area contributed by atoms with Crippen LogP contribution < -0.4 is 5.32 Å². The summed E-state index contributed by atoms with van der Waals surface area (Å²) in [6, 6.07) is 11.0. The van der Waals surface area contributed by atoms with Crippen molar-refractivity contribution in [2.24, 2.45) is 0 Å². The zero-order valence-electron chi connectivity index (χ0n) is 16.2. The van der Waals surface area contributed by atoms with E-state index in [4.69, 9.17) is 4.98 Å². The number of aryl methyl sites for hydroxylation is 1. The minimum Gasteiger partial charge on any atom is -0.322 e. The number of nitrogens with one attached hydrogen (secondary N) is 1. The molecule has 1 N–H and O–H groups in total. The third kappa shape index (κ3) is 3.81. The van der Waals surface area contributed by atoms with Crippen molar-refractivity contribution in [1.29, 1.82) is 0 Å². The average molecular weight is 364 g/mol. The molecule has 0 spiro atoms. The predicted molar refractivity (Wildman–Crippen MR) is 107 cm³/mol. The highest BCUT2D eigenvalue weighted by Crippen LogP contribution is 2.29. The highest BCUT2D eigenvalue weighted by atomic mass is 15.4. The quantitative estimate of drug-likeness (QED) is 0.695. The maximum absolute atomic E-state index is 4.89. The molecule has 1 saturated heterocycles. The summed E-state index contributed by atoms with van der Waals surface area (Å²) in [5.41, 5.74) is 4.28. The Bertz CT molecular complexity index is 873. The molecule has 4 rings (SSSR count). The molecular weight excluding hydrogens is 336 g/mol. The fourth-order valence-corrected chi connectivity index (χ4v) is 3.89. The molecule has 1 aromatic carbocycles. The Balaban J connectivity index is 1.68. The molecular formula is C21H28N6. The average Bonchev–Trinajstić information content (AvgIpc) is 3.42. The molecule has 0 aliphatic carbocycles. The first-order valence-corrected chi connectivity index (χ1v) is 10.0. The zero-order chi connectivity index (χ0) is 18.6. The second kappa shape index (κ2) is 8.05. The van der Waals surface area contributed by atoms with Gasteiger partial charge in [-0.3, -0.25) is 4.68 Å². The second-order valence-electron chi connectivity index (χ2n) is 7.36. The lowest BCUT2D eigenvalue weighted by molar-refractivity contribution is 0.466. The SMILES string of the molecule is CCCCn1c(-c2cn(C[C@@H]3CCCN3)nn2)nc(C)c1-c1ccccc1. The first kappa shape index (κ1) is 17.9. The summed E-state index contributed by atoms with van der Waals surface area (Å²) < 4.78 is 4.27. The zero-order valence-corrected chi connectivity index (χ0v) is 16.2. The van der Waals surface area contributed by atoms with Crippen LogP contribution in [0.15, 0.2) is 36.5 Å². The highest BCUT2D eigenvalue weighted by molar-refractivity contribution is 5.67. The van der Waals surface area contributed by atoms with Crippen LogP contribution in [0.25, 0.3) is 22.8 Å². The summed E-state index contributed by atoms with van der Waals surface area (Å²) in [6.45, 7) is 7.21. The summed E-state index contributed by atoms with van der Waals surface area (Å²) in [7, 11) is 0. The molecule has 0 radical (unpaired) electrons. The van der Waals surface area contributed by atoms with Gasteiger partial charge in [0.2, 0.25) is 0 Å². The van der Waals surface area contributed by atoms with Crippen molar-refractivity contribution < 1.29 is 0 Å². The van der Waals surface area contributed by atoms with Crippen molar-refractivity contribution >= 4 is 0 Å². The van der Waals surface area contributed by atoms with Crippen LogP contribution in [0.1, 0.15) is 38.3 Å². The predicted octanol–water partition coefficient (Wildman–Crippen LogP) is 3.67. The van der Waals surface area contributed by atoms with Crippen LogP contribution in [0.5, 0.6) is 0 Å². The first-order chi connectivity index (χ1) is 13.3. The maximum atomic E-state index is 4.89. The normalized spacial score (nSPS) is 16.9. The fraction of sp³-hybridized carbons (Fsp3) is 0.476. The lowest BCUT2D eigenvalue weighted by atomic mass is 10.1. The Hall–Kier alpha value is -2.47. The molecule has 1 fully saturated rings. The van der Waals surface area contributed by atoms with Gasteiger partial charge in [-0.1, -0.05) is 48.9 Å². The Kier molecular flexibility index (Phi) is 5.34. The van der Waals surface area contributed by atoms with E-state index in [1.54, 1.807) is 0 Å². The molecule has 27 heavy (non-hydrogen) atoms. The van der Waals surface area contributed by atoms with E-state index >= 15 is 0 Å². The Morgan fingerprint density at radius 1 is 1.22 bits per heavy atom. The van der Waals surface area contributed by atoms with E-state index in [9.17, 15) is 0 Å². The third-order valence-corrected chi connectivity index (χ3v) is 5.26. The van der Waals surface area contributed by atoms with Crippen LogP contribution in [0.3, 0.4) is 0 Å². The molecule has 1 aliphatic heterocycles. The number of rotatable bonds is 7. The summed E-state index contributed by atoms with van der Waals surface area (Å²) in [6.07, 6.45) is 6.75. The van der Waals surface area contributed by atoms with Crippen LogP contribution in [0.2, 0.25) is 0 Å². The minimum atomic E-state index is 0.501. The lowest BCUT2D eigenvalue weighted by Gasteiger charge is -2.11. The van der Waals surface area contributed by atoms with Crippen LogP contribution >= 0.6 is 0 Å². The molecule has 3 heterocycles. The molecule has 0 bridgehead atoms. The topological polar surface area (TPSA) is 60.6 Å². The van der Waals surface area contributed by atoms with Gasteiger partial charge >= 0.3 is 0 Å². The number of nitrogens with zero attached hydrogens (tertiary/aromatic N) is 5. The van der Waals surface area contributed by atoms with Gasteiger partial charge in [-0.2, -0.15) is 0 Å². The number of hydrogen-bond donors (Lipinski definition) is 1. The van der Waals surface area contributed by atoms with E-state index < -0.39 is 0 Å². The maximum Gasteiger partial charge on any atom is 0.163 e. The Morgan fingerprint density at radius 3 is 2.81 bits per heavy atom. The number of unbranched alkanes of at least 4 members (excludes halogenated alkanes) is 1. The van der Waals surface area contributed by atoms with E-state index in [1.807, 2.05) is 10.9 Å². The summed E-state index contributed by atoms with van der Waals surface area (Å²) in [4.78, 5) is 4.89. The molecule has 142 valence electrons. The van der Waals surface area contributed by atoms with Gasteiger partial charge in [-0.15, -0.1) is 5.10 Å². The van der Waals surface area contributed by atoms with Gasteiger partial charge in [0.1, 0.15) is 5.69 Å². The molecule has 6 nitrogen and oxygen atoms in total. The summed E-state index contributed by atoms with van der Waals surface area (Å²) in [5, 5.41) is 12.3. The van der Waals surface area contributed by atoms with E-state index in [0.717, 1.165) is 49.7 Å². The van der Waals surface area contributed by atoms with Gasteiger partial charge < -0.3 is 9.88 Å². The first-order valence-electron chi connectivity index (χ1n) is 10.0. The highest BCUT2D eigenvalue weighted by Gasteiger charge is 2.20. The Morgan fingerprint density at radius 2 is 2.07 bits per heavy atom. The molecule has 1 aliphatic rings. The number of aromatic nitrogens is 5. The van der Waals surface area contributed by atoms with Crippen molar-refractivity contribution in [3.63, 3.8) is 0 Å². The van der Waals surface area contributed by atoms with Crippen molar-refractivity contribution in [2.75, 3.05) is 6.54 Å². The number of benzene rings is 1. The van der Waals surface area contributed by atoms with Gasteiger partial charge in [-0.25, -0.2) is 4.98 Å². The van der Waals surface area contributed by atoms with Crippen LogP contribution in [-0.4, -0.2) is 37.1 Å². The molecule has 0 unspecified atom stereocenters. The molecule has 6 heteroatoms. The van der Waals surface area contributed by atoms with E-state index in [2.05, 4.69) is 64.4 Å². The van der Waals surface area contributed by atoms with Gasteiger partial charge in [0.15, 0.2) is 5.82 Å². The van der Waals surface area contributed by atoms with E-state index in [0.29, 0.717) is 6.04 Å². The van der Waals surface area contributed by atoms with Crippen LogP contribution in [0.4, 0.5) is 0 Å². The van der Waals surface area contributed by atoms with Gasteiger partial charge in [0, 0.05) is 18.2 Å². The molecule has 0 amide bonds. The smallest absolute Gasteiger partial charge is 0.163 e. The summed E-state index contributed by atoms with van der Waals surface area (Å²) in [5.74, 6) is 0.922. The molecule has 2 aromatic heterocycles.